The van der Waals surface area contributed by atoms with E-state index in [-0.39, 0.29) is 17.0 Å². The Labute approximate surface area is 141 Å². The van der Waals surface area contributed by atoms with E-state index in [4.69, 9.17) is 0 Å². The summed E-state index contributed by atoms with van der Waals surface area (Å²) in [6.07, 6.45) is 6.38. The molecular weight excluding hydrogens is 302 g/mol. The second kappa shape index (κ2) is 6.99. The fourth-order valence-electron chi connectivity index (χ4n) is 2.73. The number of H-pyrrole nitrogens is 1. The Hall–Kier alpha value is -2.43. The normalized spacial score (nSPS) is 14.0. The lowest BCUT2D eigenvalue weighted by atomic mass is 10.1. The summed E-state index contributed by atoms with van der Waals surface area (Å²) in [6.45, 7) is 5.00. The number of pyridine rings is 2. The first kappa shape index (κ1) is 16.4. The summed E-state index contributed by atoms with van der Waals surface area (Å²) in [5.74, 6) is 0.382. The monoisotopic (exact) mass is 325 g/mol. The van der Waals surface area contributed by atoms with Crippen molar-refractivity contribution in [1.29, 1.82) is 0 Å². The van der Waals surface area contributed by atoms with Crippen molar-refractivity contribution in [2.75, 3.05) is 6.54 Å². The van der Waals surface area contributed by atoms with Gasteiger partial charge in [0.2, 0.25) is 0 Å². The first-order valence-corrected chi connectivity index (χ1v) is 8.51. The minimum atomic E-state index is -0.329. The van der Waals surface area contributed by atoms with Crippen molar-refractivity contribution in [3.05, 3.63) is 52.6 Å². The quantitative estimate of drug-likeness (QED) is 0.887. The number of aromatic amines is 1. The first-order chi connectivity index (χ1) is 11.6. The topological polar surface area (TPSA) is 66.1 Å². The highest BCUT2D eigenvalue weighted by atomic mass is 16.2. The largest absolute Gasteiger partial charge is 0.335 e. The van der Waals surface area contributed by atoms with E-state index < -0.39 is 0 Å². The van der Waals surface area contributed by atoms with Crippen LogP contribution < -0.4 is 5.56 Å². The van der Waals surface area contributed by atoms with Crippen LogP contribution in [-0.2, 0) is 0 Å². The number of nitrogens with zero attached hydrogens (tertiary/aromatic N) is 2. The van der Waals surface area contributed by atoms with Crippen LogP contribution >= 0.6 is 0 Å². The van der Waals surface area contributed by atoms with Gasteiger partial charge in [0.15, 0.2) is 0 Å². The smallest absolute Gasteiger partial charge is 0.261 e. The number of carbonyl (C=O) groups is 1. The lowest BCUT2D eigenvalue weighted by Gasteiger charge is -2.23. The van der Waals surface area contributed by atoms with E-state index in [2.05, 4.69) is 23.8 Å². The van der Waals surface area contributed by atoms with Crippen molar-refractivity contribution in [3.63, 3.8) is 0 Å². The Morgan fingerprint density at radius 2 is 1.96 bits per heavy atom. The summed E-state index contributed by atoms with van der Waals surface area (Å²) in [4.78, 5) is 33.9. The summed E-state index contributed by atoms with van der Waals surface area (Å²) in [5.41, 5.74) is 1.46. The van der Waals surface area contributed by atoms with Gasteiger partial charge in [-0.1, -0.05) is 13.8 Å². The predicted octanol–water partition coefficient (Wildman–Crippen LogP) is 3.09. The van der Waals surface area contributed by atoms with Gasteiger partial charge in [0, 0.05) is 36.2 Å². The van der Waals surface area contributed by atoms with E-state index >= 15 is 0 Å². The molecule has 2 aromatic heterocycles. The van der Waals surface area contributed by atoms with Crippen molar-refractivity contribution in [1.82, 2.24) is 14.9 Å². The maximum Gasteiger partial charge on any atom is 0.261 e. The van der Waals surface area contributed by atoms with Crippen LogP contribution in [-0.4, -0.2) is 33.4 Å². The molecule has 0 atom stereocenters. The molecule has 1 fully saturated rings. The van der Waals surface area contributed by atoms with E-state index in [1.54, 1.807) is 24.5 Å². The zero-order valence-electron chi connectivity index (χ0n) is 14.2. The van der Waals surface area contributed by atoms with Crippen molar-refractivity contribution in [2.24, 2.45) is 5.92 Å². The Kier molecular flexibility index (Phi) is 4.79. The van der Waals surface area contributed by atoms with Gasteiger partial charge in [0.1, 0.15) is 5.56 Å². The average Bonchev–Trinajstić information content (AvgIpc) is 3.40. The van der Waals surface area contributed by atoms with Crippen molar-refractivity contribution in [3.8, 4) is 11.3 Å². The maximum absolute atomic E-state index is 12.8. The van der Waals surface area contributed by atoms with Gasteiger partial charge < -0.3 is 9.88 Å². The summed E-state index contributed by atoms with van der Waals surface area (Å²) >= 11 is 0. The molecule has 1 N–H and O–H groups in total. The molecule has 2 heterocycles. The Bertz CT molecular complexity index is 764. The first-order valence-electron chi connectivity index (χ1n) is 8.51. The average molecular weight is 325 g/mol. The van der Waals surface area contributed by atoms with Crippen LogP contribution in [0, 0.1) is 5.92 Å². The van der Waals surface area contributed by atoms with Gasteiger partial charge in [-0.15, -0.1) is 0 Å². The summed E-state index contributed by atoms with van der Waals surface area (Å²) in [5, 5.41) is 0. The molecule has 0 unspecified atom stereocenters. The van der Waals surface area contributed by atoms with Crippen molar-refractivity contribution < 1.29 is 4.79 Å². The number of carbonyl (C=O) groups excluding carboxylic acids is 1. The molecule has 0 bridgehead atoms. The van der Waals surface area contributed by atoms with Crippen molar-refractivity contribution >= 4 is 5.91 Å². The Morgan fingerprint density at radius 1 is 1.25 bits per heavy atom. The standard InChI is InChI=1S/C19H23N3O2/c1-13(2)9-12-22(15-3-4-15)19(24)16-5-6-17(21-18(16)23)14-7-10-20-11-8-14/h5-8,10-11,13,15H,3-4,9,12H2,1-2H3,(H,21,23). The highest BCUT2D eigenvalue weighted by Crippen LogP contribution is 2.28. The zero-order valence-corrected chi connectivity index (χ0v) is 14.2. The van der Waals surface area contributed by atoms with Crippen LogP contribution in [0.5, 0.6) is 0 Å². The summed E-state index contributed by atoms with van der Waals surface area (Å²) in [6, 6.07) is 7.38. The lowest BCUT2D eigenvalue weighted by Crippen LogP contribution is -2.37. The molecule has 0 aromatic carbocycles. The van der Waals surface area contributed by atoms with Crippen LogP contribution in [0.15, 0.2) is 41.5 Å². The van der Waals surface area contributed by atoms with E-state index in [0.717, 1.165) is 24.8 Å². The molecule has 2 aromatic rings. The van der Waals surface area contributed by atoms with Crippen LogP contribution in [0.3, 0.4) is 0 Å². The molecule has 0 aliphatic heterocycles. The number of aromatic nitrogens is 2. The van der Waals surface area contributed by atoms with Gasteiger partial charge in [0.05, 0.1) is 0 Å². The van der Waals surface area contributed by atoms with Crippen LogP contribution in [0.4, 0.5) is 0 Å². The number of nitrogens with one attached hydrogen (secondary N) is 1. The number of rotatable bonds is 6. The minimum Gasteiger partial charge on any atom is -0.335 e. The SMILES string of the molecule is CC(C)CCN(C(=O)c1ccc(-c2ccncc2)[nH]c1=O)C1CC1. The van der Waals surface area contributed by atoms with E-state index in [1.165, 1.54) is 0 Å². The molecule has 0 spiro atoms. The zero-order chi connectivity index (χ0) is 17.1. The number of amides is 1. The highest BCUT2D eigenvalue weighted by Gasteiger charge is 2.33. The second-order valence-electron chi connectivity index (χ2n) is 6.76. The highest BCUT2D eigenvalue weighted by molar-refractivity contribution is 5.94. The van der Waals surface area contributed by atoms with Crippen LogP contribution in [0.2, 0.25) is 0 Å². The molecule has 5 heteroatoms. The molecule has 3 rings (SSSR count). The molecular formula is C19H23N3O2. The predicted molar refractivity (Wildman–Crippen MR) is 93.8 cm³/mol. The third-order valence-corrected chi connectivity index (χ3v) is 4.33. The third kappa shape index (κ3) is 3.72. The fourth-order valence-corrected chi connectivity index (χ4v) is 2.73. The summed E-state index contributed by atoms with van der Waals surface area (Å²) in [7, 11) is 0. The van der Waals surface area contributed by atoms with E-state index in [0.29, 0.717) is 24.2 Å². The fraction of sp³-hybridized carbons (Fsp3) is 0.421. The second-order valence-corrected chi connectivity index (χ2v) is 6.76. The summed E-state index contributed by atoms with van der Waals surface area (Å²) < 4.78 is 0. The molecule has 0 radical (unpaired) electrons. The van der Waals surface area contributed by atoms with Crippen LogP contribution in [0.25, 0.3) is 11.3 Å². The maximum atomic E-state index is 12.8. The molecule has 1 aliphatic rings. The van der Waals surface area contributed by atoms with Gasteiger partial charge in [-0.25, -0.2) is 0 Å². The van der Waals surface area contributed by atoms with E-state index in [1.807, 2.05) is 17.0 Å². The molecule has 5 nitrogen and oxygen atoms in total. The number of hydrogen-bond donors (Lipinski definition) is 1. The minimum absolute atomic E-state index is 0.152. The van der Waals surface area contributed by atoms with Crippen molar-refractivity contribution in [2.45, 2.75) is 39.2 Å². The van der Waals surface area contributed by atoms with Gasteiger partial charge in [0.25, 0.3) is 11.5 Å². The number of hydrogen-bond acceptors (Lipinski definition) is 3. The Balaban J connectivity index is 1.83. The molecule has 24 heavy (non-hydrogen) atoms. The lowest BCUT2D eigenvalue weighted by molar-refractivity contribution is 0.0733. The van der Waals surface area contributed by atoms with Gasteiger partial charge in [-0.2, -0.15) is 0 Å². The molecule has 1 aliphatic carbocycles. The van der Waals surface area contributed by atoms with Gasteiger partial charge in [-0.3, -0.25) is 14.6 Å². The van der Waals surface area contributed by atoms with Crippen LogP contribution in [0.1, 0.15) is 43.5 Å². The van der Waals surface area contributed by atoms with Gasteiger partial charge in [-0.05, 0) is 49.4 Å². The molecule has 1 amide bonds. The molecule has 0 saturated heterocycles. The Morgan fingerprint density at radius 3 is 2.54 bits per heavy atom. The third-order valence-electron chi connectivity index (χ3n) is 4.33. The molecule has 1 saturated carbocycles. The van der Waals surface area contributed by atoms with E-state index in [9.17, 15) is 9.59 Å². The van der Waals surface area contributed by atoms with Gasteiger partial charge >= 0.3 is 0 Å². The molecule has 126 valence electrons.